The quantitative estimate of drug-likeness (QED) is 0.0621. The molecule has 6 heteroatoms. The summed E-state index contributed by atoms with van der Waals surface area (Å²) >= 11 is 0. The monoisotopic (exact) mass is 569 g/mol. The van der Waals surface area contributed by atoms with Gasteiger partial charge in [-0.1, -0.05) is 104 Å². The molecule has 0 atom stereocenters. The zero-order chi connectivity index (χ0) is 29.5. The number of hydrogen-bond acceptors (Lipinski definition) is 5. The third kappa shape index (κ3) is 28.4. The molecule has 3 N–H and O–H groups in total. The van der Waals surface area contributed by atoms with Gasteiger partial charge in [0, 0.05) is 12.8 Å². The first kappa shape index (κ1) is 38.9. The van der Waals surface area contributed by atoms with E-state index in [9.17, 15) is 9.59 Å². The molecule has 0 aromatic carbocycles. The Hall–Kier alpha value is -1.14. The number of aliphatic carboxylic acids is 1. The first-order valence-electron chi connectivity index (χ1n) is 17.4. The van der Waals surface area contributed by atoms with Gasteiger partial charge in [-0.05, 0) is 84.0 Å². The molecule has 0 spiro atoms. The van der Waals surface area contributed by atoms with Gasteiger partial charge in [-0.3, -0.25) is 9.59 Å². The lowest BCUT2D eigenvalue weighted by Gasteiger charge is -2.22. The van der Waals surface area contributed by atoms with E-state index in [1.807, 2.05) is 0 Å². The molecule has 6 nitrogen and oxygen atoms in total. The van der Waals surface area contributed by atoms with E-state index in [2.05, 4.69) is 18.7 Å². The average Bonchev–Trinajstić information content (AvgIpc) is 2.93. The molecular weight excluding hydrogens is 500 g/mol. The first-order valence-corrected chi connectivity index (χ1v) is 17.4. The Balaban J connectivity index is 4.12. The van der Waals surface area contributed by atoms with Gasteiger partial charge in [-0.15, -0.1) is 0 Å². The number of carbonyl (C=O) groups is 2. The molecule has 238 valence electrons. The van der Waals surface area contributed by atoms with Crippen molar-refractivity contribution in [1.82, 2.24) is 4.90 Å². The Morgan fingerprint density at radius 3 is 1.55 bits per heavy atom. The zero-order valence-electron chi connectivity index (χ0n) is 26.8. The molecule has 0 heterocycles. The van der Waals surface area contributed by atoms with Crippen LogP contribution in [0.4, 0.5) is 0 Å². The van der Waals surface area contributed by atoms with Gasteiger partial charge in [0.1, 0.15) is 6.10 Å². The number of nitrogens with two attached hydrogens (primary N) is 1. The van der Waals surface area contributed by atoms with Crippen molar-refractivity contribution in [2.75, 3.05) is 26.2 Å². The van der Waals surface area contributed by atoms with E-state index < -0.39 is 5.97 Å². The molecule has 0 aliphatic rings. The van der Waals surface area contributed by atoms with Crippen molar-refractivity contribution in [1.29, 1.82) is 0 Å². The van der Waals surface area contributed by atoms with Gasteiger partial charge in [0.05, 0.1) is 0 Å². The van der Waals surface area contributed by atoms with Crippen LogP contribution in [0.5, 0.6) is 0 Å². The van der Waals surface area contributed by atoms with Crippen LogP contribution >= 0.6 is 0 Å². The molecule has 0 aromatic rings. The van der Waals surface area contributed by atoms with Crippen LogP contribution < -0.4 is 5.73 Å². The lowest BCUT2D eigenvalue weighted by atomic mass is 10.0. The highest BCUT2D eigenvalue weighted by molar-refractivity contribution is 5.69. The van der Waals surface area contributed by atoms with Crippen LogP contribution in [0, 0.1) is 0 Å². The minimum Gasteiger partial charge on any atom is -0.481 e. The Kier molecular flexibility index (Phi) is 29.9. The van der Waals surface area contributed by atoms with Crippen LogP contribution in [-0.4, -0.2) is 54.2 Å². The number of nitrogens with zero attached hydrogens (tertiary/aromatic N) is 1. The molecule has 0 aliphatic carbocycles. The summed E-state index contributed by atoms with van der Waals surface area (Å²) in [4.78, 5) is 25.7. The molecule has 0 rings (SSSR count). The number of ether oxygens (including phenoxy) is 1. The molecule has 0 aliphatic heterocycles. The smallest absolute Gasteiger partial charge is 0.306 e. The van der Waals surface area contributed by atoms with Gasteiger partial charge in [-0.2, -0.15) is 0 Å². The molecule has 0 unspecified atom stereocenters. The van der Waals surface area contributed by atoms with E-state index >= 15 is 0 Å². The molecule has 0 saturated heterocycles. The van der Waals surface area contributed by atoms with Gasteiger partial charge in [0.25, 0.3) is 0 Å². The fourth-order valence-corrected chi connectivity index (χ4v) is 5.39. The predicted octanol–water partition coefficient (Wildman–Crippen LogP) is 9.04. The number of unbranched alkanes of at least 4 members (excludes halogenated alkanes) is 16. The number of rotatable bonds is 32. The Bertz CT molecular complexity index is 542. The maximum Gasteiger partial charge on any atom is 0.306 e. The normalized spacial score (nSPS) is 11.5. The van der Waals surface area contributed by atoms with Crippen LogP contribution in [-0.2, 0) is 14.3 Å². The topological polar surface area (TPSA) is 92.9 Å². The van der Waals surface area contributed by atoms with Crippen molar-refractivity contribution in [3.05, 3.63) is 0 Å². The molecular formula is C34H68N2O4. The van der Waals surface area contributed by atoms with Crippen molar-refractivity contribution in [3.8, 4) is 0 Å². The fourth-order valence-electron chi connectivity index (χ4n) is 5.39. The molecule has 0 amide bonds. The summed E-state index contributed by atoms with van der Waals surface area (Å²) in [6.07, 6.45) is 27.8. The number of hydrogen-bond donors (Lipinski definition) is 2. The molecule has 0 bridgehead atoms. The van der Waals surface area contributed by atoms with E-state index in [4.69, 9.17) is 15.6 Å². The van der Waals surface area contributed by atoms with E-state index in [0.29, 0.717) is 13.0 Å². The van der Waals surface area contributed by atoms with Gasteiger partial charge >= 0.3 is 11.9 Å². The van der Waals surface area contributed by atoms with E-state index in [0.717, 1.165) is 77.4 Å². The van der Waals surface area contributed by atoms with Crippen molar-refractivity contribution >= 4 is 11.9 Å². The lowest BCUT2D eigenvalue weighted by molar-refractivity contribution is -0.150. The summed E-state index contributed by atoms with van der Waals surface area (Å²) < 4.78 is 5.98. The van der Waals surface area contributed by atoms with E-state index in [1.54, 1.807) is 0 Å². The van der Waals surface area contributed by atoms with E-state index in [-0.39, 0.29) is 18.5 Å². The summed E-state index contributed by atoms with van der Waals surface area (Å²) in [7, 11) is 0. The van der Waals surface area contributed by atoms with Crippen LogP contribution in [0.25, 0.3) is 0 Å². The highest BCUT2D eigenvalue weighted by Gasteiger charge is 2.14. The Morgan fingerprint density at radius 2 is 1.02 bits per heavy atom. The van der Waals surface area contributed by atoms with Crippen molar-refractivity contribution < 1.29 is 19.4 Å². The highest BCUT2D eigenvalue weighted by Crippen LogP contribution is 2.18. The molecule has 0 radical (unpaired) electrons. The second kappa shape index (κ2) is 30.8. The average molecular weight is 569 g/mol. The maximum absolute atomic E-state index is 12.6. The van der Waals surface area contributed by atoms with Crippen molar-refractivity contribution in [2.24, 2.45) is 5.73 Å². The van der Waals surface area contributed by atoms with Crippen molar-refractivity contribution in [2.45, 2.75) is 180 Å². The largest absolute Gasteiger partial charge is 0.481 e. The SMILES string of the molecule is CCCCCCCCC(CCCCCCCC)OC(=O)CCCCCCCN(CCCN)CCCCCC(=O)O. The lowest BCUT2D eigenvalue weighted by Crippen LogP contribution is -2.28. The predicted molar refractivity (Wildman–Crippen MR) is 170 cm³/mol. The van der Waals surface area contributed by atoms with Gasteiger partial charge in [0.2, 0.25) is 0 Å². The van der Waals surface area contributed by atoms with Crippen LogP contribution in [0.3, 0.4) is 0 Å². The third-order valence-corrected chi connectivity index (χ3v) is 7.96. The minimum atomic E-state index is -0.700. The summed E-state index contributed by atoms with van der Waals surface area (Å²) in [6.45, 7) is 8.37. The second-order valence-corrected chi connectivity index (χ2v) is 11.9. The Labute approximate surface area is 248 Å². The van der Waals surface area contributed by atoms with Crippen LogP contribution in [0.1, 0.15) is 174 Å². The van der Waals surface area contributed by atoms with Gasteiger partial charge < -0.3 is 20.5 Å². The molecule has 0 saturated carbocycles. The standard InChI is InChI=1S/C34H68N2O4/c1-3-5-7-9-12-17-24-32(25-18-13-10-8-6-4-2)40-34(39)27-20-14-11-15-21-29-36(31-23-28-35)30-22-16-19-26-33(37)38/h32H,3-31,35H2,1-2H3,(H,37,38). The Morgan fingerprint density at radius 1 is 0.600 bits per heavy atom. The molecule has 0 fully saturated rings. The minimum absolute atomic E-state index is 0.0119. The van der Waals surface area contributed by atoms with E-state index in [1.165, 1.54) is 89.9 Å². The number of esters is 1. The summed E-state index contributed by atoms with van der Waals surface area (Å²) in [5, 5.41) is 8.78. The summed E-state index contributed by atoms with van der Waals surface area (Å²) in [5.74, 6) is -0.688. The number of carboxylic acids is 1. The fraction of sp³-hybridized carbons (Fsp3) is 0.941. The van der Waals surface area contributed by atoms with Crippen LogP contribution in [0.2, 0.25) is 0 Å². The number of carbonyl (C=O) groups excluding carboxylic acids is 1. The van der Waals surface area contributed by atoms with Crippen molar-refractivity contribution in [3.63, 3.8) is 0 Å². The number of carboxylic acid groups (broad SMARTS) is 1. The molecule has 0 aromatic heterocycles. The second-order valence-electron chi connectivity index (χ2n) is 11.9. The maximum atomic E-state index is 12.6. The summed E-state index contributed by atoms with van der Waals surface area (Å²) in [5.41, 5.74) is 5.71. The van der Waals surface area contributed by atoms with Gasteiger partial charge in [-0.25, -0.2) is 0 Å². The zero-order valence-corrected chi connectivity index (χ0v) is 26.8. The third-order valence-electron chi connectivity index (χ3n) is 7.96. The highest BCUT2D eigenvalue weighted by atomic mass is 16.5. The first-order chi connectivity index (χ1) is 19.5. The molecule has 40 heavy (non-hydrogen) atoms. The van der Waals surface area contributed by atoms with Gasteiger partial charge in [0.15, 0.2) is 0 Å². The van der Waals surface area contributed by atoms with Crippen LogP contribution in [0.15, 0.2) is 0 Å². The summed E-state index contributed by atoms with van der Waals surface area (Å²) in [6, 6.07) is 0.